The summed E-state index contributed by atoms with van der Waals surface area (Å²) in [6.45, 7) is 6.99. The van der Waals surface area contributed by atoms with E-state index in [2.05, 4.69) is 29.4 Å². The van der Waals surface area contributed by atoms with E-state index >= 15 is 0 Å². The molecule has 1 aromatic rings. The maximum atomic E-state index is 12.6. The summed E-state index contributed by atoms with van der Waals surface area (Å²) in [4.78, 5) is 27.5. The fourth-order valence-corrected chi connectivity index (χ4v) is 3.74. The van der Waals surface area contributed by atoms with Crippen LogP contribution in [-0.4, -0.2) is 48.6 Å². The molecule has 24 heavy (non-hydrogen) atoms. The van der Waals surface area contributed by atoms with E-state index in [-0.39, 0.29) is 23.1 Å². The Morgan fingerprint density at radius 2 is 2.08 bits per heavy atom. The van der Waals surface area contributed by atoms with Crippen molar-refractivity contribution in [3.63, 3.8) is 0 Å². The molecule has 132 valence electrons. The molecule has 6 heteroatoms. The lowest BCUT2D eigenvalue weighted by Gasteiger charge is -2.25. The van der Waals surface area contributed by atoms with Crippen molar-refractivity contribution in [1.29, 1.82) is 0 Å². The van der Waals surface area contributed by atoms with Crippen molar-refractivity contribution >= 4 is 29.3 Å². The van der Waals surface area contributed by atoms with Crippen LogP contribution in [0.4, 0.5) is 5.69 Å². The standard InChI is InChI=1S/C18H27N3O2S/c1-11(2)8-14(10-21(4)5)19-18(23)13-6-7-16-15(9-13)20-17(22)12(3)24-16/h6-7,9,11-12,14H,8,10H2,1-5H3,(H,19,23)(H,20,22)/t12-,14-/m0/s1. The number of hydrogen-bond donors (Lipinski definition) is 2. The lowest BCUT2D eigenvalue weighted by molar-refractivity contribution is -0.115. The zero-order chi connectivity index (χ0) is 17.9. The fraction of sp³-hybridized carbons (Fsp3) is 0.556. The summed E-state index contributed by atoms with van der Waals surface area (Å²) >= 11 is 1.52. The van der Waals surface area contributed by atoms with E-state index in [1.54, 1.807) is 6.07 Å². The average molecular weight is 350 g/mol. The topological polar surface area (TPSA) is 61.4 Å². The van der Waals surface area contributed by atoms with Crippen LogP contribution in [0.2, 0.25) is 0 Å². The zero-order valence-corrected chi connectivity index (χ0v) is 15.9. The highest BCUT2D eigenvalue weighted by molar-refractivity contribution is 8.00. The molecule has 0 fully saturated rings. The van der Waals surface area contributed by atoms with Gasteiger partial charge < -0.3 is 15.5 Å². The number of benzene rings is 1. The maximum absolute atomic E-state index is 12.6. The van der Waals surface area contributed by atoms with Gasteiger partial charge in [0.25, 0.3) is 5.91 Å². The highest BCUT2D eigenvalue weighted by Crippen LogP contribution is 2.35. The first-order valence-electron chi connectivity index (χ1n) is 8.33. The molecule has 2 amide bonds. The molecule has 0 aliphatic carbocycles. The quantitative estimate of drug-likeness (QED) is 0.829. The van der Waals surface area contributed by atoms with Gasteiger partial charge in [-0.15, -0.1) is 11.8 Å². The van der Waals surface area contributed by atoms with Crippen molar-refractivity contribution in [1.82, 2.24) is 10.2 Å². The van der Waals surface area contributed by atoms with E-state index < -0.39 is 0 Å². The Bertz CT molecular complexity index is 606. The molecule has 2 rings (SSSR count). The molecule has 0 saturated carbocycles. The second-order valence-electron chi connectivity index (χ2n) is 7.02. The molecule has 2 atom stereocenters. The van der Waals surface area contributed by atoms with Crippen LogP contribution in [0.1, 0.15) is 37.6 Å². The molecule has 0 bridgehead atoms. The summed E-state index contributed by atoms with van der Waals surface area (Å²) in [5.41, 5.74) is 1.31. The molecule has 1 aliphatic heterocycles. The van der Waals surface area contributed by atoms with Crippen LogP contribution in [0.15, 0.2) is 23.1 Å². The van der Waals surface area contributed by atoms with Crippen molar-refractivity contribution in [2.75, 3.05) is 26.0 Å². The van der Waals surface area contributed by atoms with E-state index in [1.165, 1.54) is 11.8 Å². The summed E-state index contributed by atoms with van der Waals surface area (Å²) in [6, 6.07) is 5.61. The first-order chi connectivity index (χ1) is 11.3. The molecular formula is C18H27N3O2S. The number of carbonyl (C=O) groups is 2. The van der Waals surface area contributed by atoms with Gasteiger partial charge in [-0.2, -0.15) is 0 Å². The average Bonchev–Trinajstić information content (AvgIpc) is 2.46. The number of nitrogens with one attached hydrogen (secondary N) is 2. The summed E-state index contributed by atoms with van der Waals surface area (Å²) in [5, 5.41) is 5.89. The highest BCUT2D eigenvalue weighted by Gasteiger charge is 2.24. The molecule has 5 nitrogen and oxygen atoms in total. The van der Waals surface area contributed by atoms with E-state index in [0.29, 0.717) is 11.5 Å². The third-order valence-corrected chi connectivity index (χ3v) is 5.03. The summed E-state index contributed by atoms with van der Waals surface area (Å²) < 4.78 is 0. The third kappa shape index (κ3) is 4.98. The Labute approximate surface area is 148 Å². The first kappa shape index (κ1) is 18.8. The summed E-state index contributed by atoms with van der Waals surface area (Å²) in [7, 11) is 4.01. The van der Waals surface area contributed by atoms with Gasteiger partial charge in [-0.05, 0) is 51.6 Å². The van der Waals surface area contributed by atoms with Crippen LogP contribution >= 0.6 is 11.8 Å². The van der Waals surface area contributed by atoms with Crippen LogP contribution in [-0.2, 0) is 4.79 Å². The monoisotopic (exact) mass is 349 g/mol. The van der Waals surface area contributed by atoms with Crippen LogP contribution in [0, 0.1) is 5.92 Å². The number of hydrogen-bond acceptors (Lipinski definition) is 4. The van der Waals surface area contributed by atoms with Gasteiger partial charge in [-0.25, -0.2) is 0 Å². The summed E-state index contributed by atoms with van der Waals surface area (Å²) in [6.07, 6.45) is 0.930. The number of carbonyl (C=O) groups excluding carboxylic acids is 2. The van der Waals surface area contributed by atoms with Gasteiger partial charge in [0.1, 0.15) is 0 Å². The van der Waals surface area contributed by atoms with Gasteiger partial charge in [-0.3, -0.25) is 9.59 Å². The molecule has 1 aromatic carbocycles. The summed E-state index contributed by atoms with van der Waals surface area (Å²) in [5.74, 6) is 0.398. The van der Waals surface area contributed by atoms with Crippen molar-refractivity contribution in [3.05, 3.63) is 23.8 Å². The first-order valence-corrected chi connectivity index (χ1v) is 9.21. The number of nitrogens with zero attached hydrogens (tertiary/aromatic N) is 1. The molecule has 0 aromatic heterocycles. The minimum atomic E-state index is -0.104. The smallest absolute Gasteiger partial charge is 0.251 e. The fourth-order valence-electron chi connectivity index (χ4n) is 2.81. The van der Waals surface area contributed by atoms with Crippen LogP contribution in [0.25, 0.3) is 0 Å². The molecule has 1 heterocycles. The lowest BCUT2D eigenvalue weighted by atomic mass is 10.0. The Morgan fingerprint density at radius 1 is 1.38 bits per heavy atom. The minimum Gasteiger partial charge on any atom is -0.348 e. The number of likely N-dealkylation sites (N-methyl/N-ethyl adjacent to an activating group) is 1. The number of anilines is 1. The zero-order valence-electron chi connectivity index (χ0n) is 15.1. The minimum absolute atomic E-state index is 0.0182. The van der Waals surface area contributed by atoms with Crippen LogP contribution in [0.5, 0.6) is 0 Å². The second kappa shape index (κ2) is 8.03. The van der Waals surface area contributed by atoms with E-state index in [0.717, 1.165) is 23.5 Å². The van der Waals surface area contributed by atoms with Crippen LogP contribution < -0.4 is 10.6 Å². The van der Waals surface area contributed by atoms with Crippen molar-refractivity contribution in [3.8, 4) is 0 Å². The van der Waals surface area contributed by atoms with Gasteiger partial charge in [0.15, 0.2) is 0 Å². The van der Waals surface area contributed by atoms with Crippen molar-refractivity contribution < 1.29 is 9.59 Å². The maximum Gasteiger partial charge on any atom is 0.251 e. The van der Waals surface area contributed by atoms with Gasteiger partial charge in [0.05, 0.1) is 10.9 Å². The lowest BCUT2D eigenvalue weighted by Crippen LogP contribution is -2.42. The van der Waals surface area contributed by atoms with Crippen molar-refractivity contribution in [2.45, 2.75) is 43.4 Å². The van der Waals surface area contributed by atoms with Gasteiger partial charge in [0, 0.05) is 23.0 Å². The Balaban J connectivity index is 2.11. The predicted molar refractivity (Wildman–Crippen MR) is 99.7 cm³/mol. The Morgan fingerprint density at radius 3 is 2.71 bits per heavy atom. The highest BCUT2D eigenvalue weighted by atomic mass is 32.2. The number of thioether (sulfide) groups is 1. The van der Waals surface area contributed by atoms with E-state index in [1.807, 2.05) is 33.2 Å². The van der Waals surface area contributed by atoms with E-state index in [4.69, 9.17) is 0 Å². The SMILES string of the molecule is CC(C)C[C@@H](CN(C)C)NC(=O)c1ccc2c(c1)NC(=O)[C@H](C)S2. The second-order valence-corrected chi connectivity index (χ2v) is 8.41. The Hall–Kier alpha value is -1.53. The molecule has 0 spiro atoms. The molecule has 0 unspecified atom stereocenters. The van der Waals surface area contributed by atoms with E-state index in [9.17, 15) is 9.59 Å². The number of rotatable bonds is 6. The van der Waals surface area contributed by atoms with Gasteiger partial charge in [0.2, 0.25) is 5.91 Å². The predicted octanol–water partition coefficient (Wildman–Crippen LogP) is 2.83. The van der Waals surface area contributed by atoms with Gasteiger partial charge >= 0.3 is 0 Å². The van der Waals surface area contributed by atoms with Crippen LogP contribution in [0.3, 0.4) is 0 Å². The largest absolute Gasteiger partial charge is 0.348 e. The Kier molecular flexibility index (Phi) is 6.29. The molecule has 1 aliphatic rings. The molecular weight excluding hydrogens is 322 g/mol. The number of amides is 2. The molecule has 2 N–H and O–H groups in total. The van der Waals surface area contributed by atoms with Gasteiger partial charge in [-0.1, -0.05) is 13.8 Å². The normalized spacial score (nSPS) is 18.3. The third-order valence-electron chi connectivity index (χ3n) is 3.85. The number of fused-ring (bicyclic) bond motifs is 1. The molecule has 0 saturated heterocycles. The molecule has 0 radical (unpaired) electrons. The van der Waals surface area contributed by atoms with Crippen molar-refractivity contribution in [2.24, 2.45) is 5.92 Å².